The third-order valence-electron chi connectivity index (χ3n) is 3.94. The van der Waals surface area contributed by atoms with Crippen LogP contribution >= 0.6 is 11.6 Å². The molecule has 23 heavy (non-hydrogen) atoms. The van der Waals surface area contributed by atoms with Crippen LogP contribution in [0.5, 0.6) is 0 Å². The van der Waals surface area contributed by atoms with Crippen LogP contribution in [0.1, 0.15) is 11.1 Å². The first-order valence-electron chi connectivity index (χ1n) is 7.32. The maximum absolute atomic E-state index is 14.3. The van der Waals surface area contributed by atoms with Gasteiger partial charge in [-0.25, -0.2) is 9.38 Å². The zero-order valence-electron chi connectivity index (χ0n) is 12.2. The summed E-state index contributed by atoms with van der Waals surface area (Å²) in [4.78, 5) is 11.1. The van der Waals surface area contributed by atoms with Crippen molar-refractivity contribution in [3.05, 3.63) is 76.7 Å². The number of anilines is 1. The highest BCUT2D eigenvalue weighted by molar-refractivity contribution is 6.32. The fourth-order valence-corrected chi connectivity index (χ4v) is 3.05. The topological polar surface area (TPSA) is 28.0 Å². The van der Waals surface area contributed by atoms with E-state index in [1.54, 1.807) is 18.3 Å². The van der Waals surface area contributed by atoms with Gasteiger partial charge in [-0.15, -0.1) is 0 Å². The van der Waals surface area contributed by atoms with Gasteiger partial charge in [-0.3, -0.25) is 4.99 Å². The molecule has 4 rings (SSSR count). The van der Waals surface area contributed by atoms with E-state index in [0.717, 1.165) is 17.1 Å². The van der Waals surface area contributed by atoms with E-state index in [1.165, 1.54) is 6.07 Å². The maximum atomic E-state index is 14.3. The lowest BCUT2D eigenvalue weighted by atomic mass is 9.99. The molecule has 3 nitrogen and oxygen atoms in total. The Kier molecular flexibility index (Phi) is 3.46. The largest absolute Gasteiger partial charge is 0.324 e. The van der Waals surface area contributed by atoms with E-state index < -0.39 is 0 Å². The van der Waals surface area contributed by atoms with E-state index in [2.05, 4.69) is 14.9 Å². The van der Waals surface area contributed by atoms with E-state index in [1.807, 2.05) is 30.3 Å². The molecule has 2 aliphatic heterocycles. The van der Waals surface area contributed by atoms with Gasteiger partial charge in [-0.1, -0.05) is 23.7 Å². The van der Waals surface area contributed by atoms with Gasteiger partial charge in [0.25, 0.3) is 0 Å². The van der Waals surface area contributed by atoms with E-state index in [0.29, 0.717) is 29.4 Å². The van der Waals surface area contributed by atoms with Crippen molar-refractivity contribution in [2.45, 2.75) is 0 Å². The van der Waals surface area contributed by atoms with Gasteiger partial charge in [0, 0.05) is 28.9 Å². The van der Waals surface area contributed by atoms with Crippen LogP contribution in [-0.2, 0) is 0 Å². The van der Waals surface area contributed by atoms with Crippen molar-refractivity contribution in [3.63, 3.8) is 0 Å². The molecular formula is C18H13ClFN3. The van der Waals surface area contributed by atoms with Crippen LogP contribution in [0.3, 0.4) is 0 Å². The summed E-state index contributed by atoms with van der Waals surface area (Å²) in [5.74, 6) is 0.555. The number of nitrogens with zero attached hydrogens (tertiary/aromatic N) is 3. The van der Waals surface area contributed by atoms with Gasteiger partial charge in [0.2, 0.25) is 0 Å². The normalized spacial score (nSPS) is 16.2. The molecule has 0 saturated carbocycles. The molecule has 2 aromatic rings. The molecular weight excluding hydrogens is 313 g/mol. The number of amidine groups is 1. The third-order valence-corrected chi connectivity index (χ3v) is 4.18. The third kappa shape index (κ3) is 2.45. The van der Waals surface area contributed by atoms with Gasteiger partial charge in [0.1, 0.15) is 11.7 Å². The summed E-state index contributed by atoms with van der Waals surface area (Å²) in [5.41, 5.74) is 2.85. The van der Waals surface area contributed by atoms with Crippen LogP contribution in [-0.4, -0.2) is 24.6 Å². The van der Waals surface area contributed by atoms with Crippen LogP contribution in [0.2, 0.25) is 5.02 Å². The van der Waals surface area contributed by atoms with Crippen molar-refractivity contribution in [3.8, 4) is 0 Å². The van der Waals surface area contributed by atoms with E-state index in [-0.39, 0.29) is 5.82 Å². The Morgan fingerprint density at radius 3 is 2.83 bits per heavy atom. The predicted molar refractivity (Wildman–Crippen MR) is 92.3 cm³/mol. The Bertz CT molecular complexity index is 870. The molecule has 0 fully saturated rings. The smallest absolute Gasteiger partial charge is 0.132 e. The van der Waals surface area contributed by atoms with Crippen molar-refractivity contribution < 1.29 is 4.39 Å². The summed E-state index contributed by atoms with van der Waals surface area (Å²) in [6.07, 6.45) is 3.76. The number of fused-ring (bicyclic) bond motifs is 3. The second kappa shape index (κ2) is 5.63. The quantitative estimate of drug-likeness (QED) is 0.777. The molecule has 2 heterocycles. The monoisotopic (exact) mass is 325 g/mol. The summed E-state index contributed by atoms with van der Waals surface area (Å²) in [7, 11) is 0. The lowest BCUT2D eigenvalue weighted by Gasteiger charge is -2.26. The number of halogens is 2. The molecule has 0 atom stereocenters. The zero-order chi connectivity index (χ0) is 15.8. The van der Waals surface area contributed by atoms with Crippen LogP contribution in [0.4, 0.5) is 10.1 Å². The second-order valence-electron chi connectivity index (χ2n) is 5.35. The summed E-state index contributed by atoms with van der Waals surface area (Å²) in [6, 6.07) is 12.3. The number of aliphatic imine (C=N–C) groups is 2. The fraction of sp³-hybridized carbons (Fsp3) is 0.111. The first-order valence-corrected chi connectivity index (χ1v) is 7.70. The molecule has 0 N–H and O–H groups in total. The standard InChI is InChI=1S/C18H13ClFN3/c19-12-6-7-16-14(10-12)18(13-4-1-2-5-15(13)20)22-11-17-21-8-3-9-23(16)17/h1-8,10H,9,11H2. The Morgan fingerprint density at radius 2 is 1.96 bits per heavy atom. The van der Waals surface area contributed by atoms with Crippen molar-refractivity contribution in [1.82, 2.24) is 0 Å². The van der Waals surface area contributed by atoms with Crippen LogP contribution < -0.4 is 4.90 Å². The van der Waals surface area contributed by atoms with Crippen LogP contribution in [0, 0.1) is 5.82 Å². The van der Waals surface area contributed by atoms with Gasteiger partial charge in [-0.05, 0) is 36.4 Å². The molecule has 2 aromatic carbocycles. The van der Waals surface area contributed by atoms with Gasteiger partial charge in [0.15, 0.2) is 0 Å². The molecule has 0 radical (unpaired) electrons. The second-order valence-corrected chi connectivity index (χ2v) is 5.78. The summed E-state index contributed by atoms with van der Waals surface area (Å²) >= 11 is 6.19. The van der Waals surface area contributed by atoms with E-state index >= 15 is 0 Å². The van der Waals surface area contributed by atoms with Gasteiger partial charge in [-0.2, -0.15) is 0 Å². The highest BCUT2D eigenvalue weighted by Gasteiger charge is 2.25. The molecule has 2 aliphatic rings. The lowest BCUT2D eigenvalue weighted by molar-refractivity contribution is 0.625. The molecule has 5 heteroatoms. The molecule has 0 bridgehead atoms. The van der Waals surface area contributed by atoms with Crippen LogP contribution in [0.25, 0.3) is 0 Å². The Hall–Kier alpha value is -2.46. The van der Waals surface area contributed by atoms with Gasteiger partial charge < -0.3 is 4.90 Å². The average molecular weight is 326 g/mol. The maximum Gasteiger partial charge on any atom is 0.132 e. The first-order chi connectivity index (χ1) is 11.2. The number of hydrogen-bond acceptors (Lipinski definition) is 3. The van der Waals surface area contributed by atoms with Crippen LogP contribution in [0.15, 0.2) is 64.7 Å². The first kappa shape index (κ1) is 14.2. The Morgan fingerprint density at radius 1 is 1.09 bits per heavy atom. The molecule has 0 unspecified atom stereocenters. The Balaban J connectivity index is 1.96. The number of rotatable bonds is 1. The Labute approximate surface area is 138 Å². The fourth-order valence-electron chi connectivity index (χ4n) is 2.88. The highest BCUT2D eigenvalue weighted by Crippen LogP contribution is 2.31. The minimum Gasteiger partial charge on any atom is -0.324 e. The van der Waals surface area contributed by atoms with E-state index in [9.17, 15) is 4.39 Å². The molecule has 0 spiro atoms. The highest BCUT2D eigenvalue weighted by atomic mass is 35.5. The summed E-state index contributed by atoms with van der Waals surface area (Å²) in [5, 5.41) is 0.598. The summed E-state index contributed by atoms with van der Waals surface area (Å²) in [6.45, 7) is 1.12. The minimum absolute atomic E-state index is 0.294. The number of benzene rings is 2. The molecule has 0 aliphatic carbocycles. The molecule has 114 valence electrons. The van der Waals surface area contributed by atoms with Crippen molar-refractivity contribution in [1.29, 1.82) is 0 Å². The average Bonchev–Trinajstić information content (AvgIpc) is 2.72. The van der Waals surface area contributed by atoms with Crippen molar-refractivity contribution in [2.75, 3.05) is 18.0 Å². The van der Waals surface area contributed by atoms with Crippen molar-refractivity contribution in [2.24, 2.45) is 9.98 Å². The zero-order valence-corrected chi connectivity index (χ0v) is 13.0. The van der Waals surface area contributed by atoms with E-state index in [4.69, 9.17) is 11.6 Å². The molecule has 0 amide bonds. The molecule has 0 aromatic heterocycles. The minimum atomic E-state index is -0.294. The SMILES string of the molecule is Fc1ccccc1C1=NCC2=NC=CCN2c2ccc(Cl)cc21. The van der Waals surface area contributed by atoms with Crippen molar-refractivity contribution >= 4 is 28.8 Å². The lowest BCUT2D eigenvalue weighted by Crippen LogP contribution is -2.34. The molecule has 0 saturated heterocycles. The number of hydrogen-bond donors (Lipinski definition) is 0. The predicted octanol–water partition coefficient (Wildman–Crippen LogP) is 4.06. The van der Waals surface area contributed by atoms with Gasteiger partial charge >= 0.3 is 0 Å². The van der Waals surface area contributed by atoms with Gasteiger partial charge in [0.05, 0.1) is 17.9 Å². The summed E-state index contributed by atoms with van der Waals surface area (Å²) < 4.78 is 14.3.